The van der Waals surface area contributed by atoms with Crippen LogP contribution in [0.5, 0.6) is 0 Å². The Balaban J connectivity index is 1.80. The standard InChI is InChI=1S/C21H31N5O4S/c1-4-7-22-20(28)26-10-8-25(9-11-26)13-16-17(19(27)30-5-2)18(15-6-12-31-14-15)23-21(29)24(16)3/h6,12,14,18H,4-5,7-11,13H2,1-3H3,(H,22,28)(H,23,29). The first-order chi connectivity index (χ1) is 15.0. The molecule has 2 N–H and O–H groups in total. The quantitative estimate of drug-likeness (QED) is 0.621. The highest BCUT2D eigenvalue weighted by atomic mass is 32.1. The topological polar surface area (TPSA) is 94.2 Å². The molecule has 0 bridgehead atoms. The van der Waals surface area contributed by atoms with Crippen molar-refractivity contribution >= 4 is 29.4 Å². The van der Waals surface area contributed by atoms with Gasteiger partial charge in [-0.25, -0.2) is 14.4 Å². The van der Waals surface area contributed by atoms with Crippen LogP contribution in [-0.2, 0) is 9.53 Å². The molecule has 1 saturated heterocycles. The summed E-state index contributed by atoms with van der Waals surface area (Å²) in [6.07, 6.45) is 0.899. The number of ether oxygens (including phenoxy) is 1. The van der Waals surface area contributed by atoms with E-state index in [0.717, 1.165) is 12.0 Å². The Morgan fingerprint density at radius 3 is 2.61 bits per heavy atom. The first-order valence-corrected chi connectivity index (χ1v) is 11.6. The van der Waals surface area contributed by atoms with Gasteiger partial charge in [0, 0.05) is 52.0 Å². The van der Waals surface area contributed by atoms with Crippen LogP contribution in [0.4, 0.5) is 9.59 Å². The highest BCUT2D eigenvalue weighted by Crippen LogP contribution is 2.32. The van der Waals surface area contributed by atoms with Gasteiger partial charge in [-0.15, -0.1) is 0 Å². The number of hydrogen-bond acceptors (Lipinski definition) is 6. The van der Waals surface area contributed by atoms with Crippen molar-refractivity contribution in [2.45, 2.75) is 26.3 Å². The molecule has 1 fully saturated rings. The molecular formula is C21H31N5O4S. The molecule has 2 aliphatic rings. The molecular weight excluding hydrogens is 418 g/mol. The highest BCUT2D eigenvalue weighted by molar-refractivity contribution is 7.08. The van der Waals surface area contributed by atoms with E-state index in [4.69, 9.17) is 4.74 Å². The Kier molecular flexibility index (Phi) is 7.91. The Morgan fingerprint density at radius 2 is 2.00 bits per heavy atom. The lowest BCUT2D eigenvalue weighted by molar-refractivity contribution is -0.139. The second-order valence-electron chi connectivity index (χ2n) is 7.57. The van der Waals surface area contributed by atoms with E-state index in [1.807, 2.05) is 23.8 Å². The molecule has 10 heteroatoms. The van der Waals surface area contributed by atoms with Crippen molar-refractivity contribution in [1.82, 2.24) is 25.3 Å². The number of hydrogen-bond donors (Lipinski definition) is 2. The van der Waals surface area contributed by atoms with Gasteiger partial charge in [0.1, 0.15) is 0 Å². The van der Waals surface area contributed by atoms with Crippen molar-refractivity contribution in [2.24, 2.45) is 0 Å². The summed E-state index contributed by atoms with van der Waals surface area (Å²) in [7, 11) is 1.67. The van der Waals surface area contributed by atoms with Gasteiger partial charge < -0.3 is 20.3 Å². The molecule has 2 aliphatic heterocycles. The number of esters is 1. The van der Waals surface area contributed by atoms with Gasteiger partial charge in [0.05, 0.1) is 18.2 Å². The summed E-state index contributed by atoms with van der Waals surface area (Å²) in [4.78, 5) is 43.3. The summed E-state index contributed by atoms with van der Waals surface area (Å²) < 4.78 is 5.35. The zero-order chi connectivity index (χ0) is 22.4. The van der Waals surface area contributed by atoms with Gasteiger partial charge in [0.25, 0.3) is 0 Å². The molecule has 3 rings (SSSR count). The minimum Gasteiger partial charge on any atom is -0.463 e. The monoisotopic (exact) mass is 449 g/mol. The third-order valence-corrected chi connectivity index (χ3v) is 6.21. The lowest BCUT2D eigenvalue weighted by Gasteiger charge is -2.39. The van der Waals surface area contributed by atoms with E-state index in [0.29, 0.717) is 50.5 Å². The van der Waals surface area contributed by atoms with Crippen LogP contribution in [0.1, 0.15) is 31.9 Å². The second-order valence-corrected chi connectivity index (χ2v) is 8.35. The van der Waals surface area contributed by atoms with E-state index in [2.05, 4.69) is 15.5 Å². The van der Waals surface area contributed by atoms with Crippen molar-refractivity contribution in [3.05, 3.63) is 33.7 Å². The van der Waals surface area contributed by atoms with Gasteiger partial charge in [-0.05, 0) is 35.7 Å². The highest BCUT2D eigenvalue weighted by Gasteiger charge is 2.37. The maximum absolute atomic E-state index is 12.9. The fraction of sp³-hybridized carbons (Fsp3) is 0.571. The van der Waals surface area contributed by atoms with Crippen LogP contribution in [0.15, 0.2) is 28.1 Å². The Labute approximate surface area is 187 Å². The van der Waals surface area contributed by atoms with E-state index >= 15 is 0 Å². The van der Waals surface area contributed by atoms with Crippen molar-refractivity contribution in [3.8, 4) is 0 Å². The van der Waals surface area contributed by atoms with E-state index in [1.165, 1.54) is 16.2 Å². The summed E-state index contributed by atoms with van der Waals surface area (Å²) in [6, 6.07) is 1.08. The lowest BCUT2D eigenvalue weighted by atomic mass is 9.96. The van der Waals surface area contributed by atoms with Gasteiger partial charge in [-0.1, -0.05) is 6.92 Å². The molecule has 1 aromatic heterocycles. The molecule has 1 aromatic rings. The van der Waals surface area contributed by atoms with E-state index in [-0.39, 0.29) is 18.7 Å². The average molecular weight is 450 g/mol. The number of urea groups is 2. The van der Waals surface area contributed by atoms with Crippen LogP contribution in [0.3, 0.4) is 0 Å². The number of amides is 4. The third-order valence-electron chi connectivity index (χ3n) is 5.51. The summed E-state index contributed by atoms with van der Waals surface area (Å²) in [6.45, 7) is 7.67. The van der Waals surface area contributed by atoms with E-state index in [9.17, 15) is 14.4 Å². The molecule has 1 atom stereocenters. The number of likely N-dealkylation sites (N-methyl/N-ethyl adjacent to an activating group) is 1. The Morgan fingerprint density at radius 1 is 1.26 bits per heavy atom. The van der Waals surface area contributed by atoms with E-state index in [1.54, 1.807) is 18.9 Å². The van der Waals surface area contributed by atoms with Gasteiger partial charge in [0.15, 0.2) is 0 Å². The number of nitrogens with zero attached hydrogens (tertiary/aromatic N) is 3. The Bertz CT molecular complexity index is 818. The van der Waals surface area contributed by atoms with Gasteiger partial charge in [0.2, 0.25) is 0 Å². The molecule has 0 saturated carbocycles. The molecule has 3 heterocycles. The number of carbonyl (C=O) groups excluding carboxylic acids is 3. The Hall–Kier alpha value is -2.59. The molecule has 0 aromatic carbocycles. The summed E-state index contributed by atoms with van der Waals surface area (Å²) >= 11 is 1.51. The van der Waals surface area contributed by atoms with Crippen molar-refractivity contribution in [2.75, 3.05) is 52.9 Å². The minimum absolute atomic E-state index is 0.0420. The number of nitrogens with one attached hydrogen (secondary N) is 2. The van der Waals surface area contributed by atoms with Crippen LogP contribution in [0.2, 0.25) is 0 Å². The normalized spacial score (nSPS) is 20.0. The molecule has 170 valence electrons. The second kappa shape index (κ2) is 10.6. The maximum Gasteiger partial charge on any atom is 0.338 e. The fourth-order valence-corrected chi connectivity index (χ4v) is 4.44. The van der Waals surface area contributed by atoms with Crippen molar-refractivity contribution in [1.29, 1.82) is 0 Å². The number of rotatable bonds is 7. The molecule has 9 nitrogen and oxygen atoms in total. The molecule has 1 unspecified atom stereocenters. The maximum atomic E-state index is 12.9. The van der Waals surface area contributed by atoms with Gasteiger partial charge in [-0.2, -0.15) is 11.3 Å². The molecule has 0 spiro atoms. The summed E-state index contributed by atoms with van der Waals surface area (Å²) in [5.74, 6) is -0.418. The smallest absolute Gasteiger partial charge is 0.338 e. The third kappa shape index (κ3) is 5.37. The molecule has 31 heavy (non-hydrogen) atoms. The zero-order valence-electron chi connectivity index (χ0n) is 18.3. The van der Waals surface area contributed by atoms with Crippen molar-refractivity contribution in [3.63, 3.8) is 0 Å². The van der Waals surface area contributed by atoms with Crippen molar-refractivity contribution < 1.29 is 19.1 Å². The van der Waals surface area contributed by atoms with Gasteiger partial charge in [-0.3, -0.25) is 9.80 Å². The molecule has 4 amide bonds. The average Bonchev–Trinajstić information content (AvgIpc) is 3.30. The predicted molar refractivity (Wildman–Crippen MR) is 119 cm³/mol. The first-order valence-electron chi connectivity index (χ1n) is 10.7. The number of thiophene rings is 1. The lowest BCUT2D eigenvalue weighted by Crippen LogP contribution is -2.54. The number of piperazine rings is 1. The predicted octanol–water partition coefficient (Wildman–Crippen LogP) is 2.00. The fourth-order valence-electron chi connectivity index (χ4n) is 3.75. The van der Waals surface area contributed by atoms with Crippen LogP contribution < -0.4 is 10.6 Å². The van der Waals surface area contributed by atoms with Crippen LogP contribution in [-0.4, -0.2) is 85.7 Å². The zero-order valence-corrected chi connectivity index (χ0v) is 19.2. The van der Waals surface area contributed by atoms with Crippen LogP contribution in [0.25, 0.3) is 0 Å². The number of carbonyl (C=O) groups is 3. The first kappa shape index (κ1) is 23.1. The minimum atomic E-state index is -0.537. The molecule has 0 aliphatic carbocycles. The molecule has 0 radical (unpaired) electrons. The summed E-state index contributed by atoms with van der Waals surface area (Å²) in [5.41, 5.74) is 1.97. The van der Waals surface area contributed by atoms with E-state index < -0.39 is 12.0 Å². The van der Waals surface area contributed by atoms with Crippen LogP contribution in [0, 0.1) is 0 Å². The summed E-state index contributed by atoms with van der Waals surface area (Å²) in [5, 5.41) is 9.68. The van der Waals surface area contributed by atoms with Gasteiger partial charge >= 0.3 is 18.0 Å². The SMILES string of the molecule is CCCNC(=O)N1CCN(CC2=C(C(=O)OCC)C(c3ccsc3)NC(=O)N2C)CC1. The van der Waals surface area contributed by atoms with Crippen LogP contribution >= 0.6 is 11.3 Å². The largest absolute Gasteiger partial charge is 0.463 e.